The third kappa shape index (κ3) is 4.27. The molecule has 0 spiro atoms. The number of ether oxygens (including phenoxy) is 1. The lowest BCUT2D eigenvalue weighted by molar-refractivity contribution is -0.384. The Hall–Kier alpha value is -3.85. The van der Waals surface area contributed by atoms with Gasteiger partial charge in [0.2, 0.25) is 0 Å². The number of nitro benzene ring substituents is 1. The average Bonchev–Trinajstić information content (AvgIpc) is 3.09. The monoisotopic (exact) mass is 463 g/mol. The highest BCUT2D eigenvalue weighted by atomic mass is 32.1. The predicted octanol–water partition coefficient (Wildman–Crippen LogP) is 3.01. The van der Waals surface area contributed by atoms with Crippen molar-refractivity contribution in [2.75, 3.05) is 6.61 Å². The lowest BCUT2D eigenvalue weighted by Crippen LogP contribution is -2.39. The first kappa shape index (κ1) is 22.3. The lowest BCUT2D eigenvalue weighted by Gasteiger charge is -2.24. The fraction of sp³-hybridized carbons (Fsp3) is 0.208. The number of thiazole rings is 1. The molecule has 0 amide bonds. The third-order valence-electron chi connectivity index (χ3n) is 5.29. The molecule has 9 heteroatoms. The molecule has 168 valence electrons. The van der Waals surface area contributed by atoms with E-state index in [1.807, 2.05) is 31.2 Å². The quantitative estimate of drug-likeness (QED) is 0.329. The Bertz CT molecular complexity index is 1460. The van der Waals surface area contributed by atoms with Gasteiger partial charge < -0.3 is 4.74 Å². The minimum absolute atomic E-state index is 0.132. The normalized spacial score (nSPS) is 15.7. The van der Waals surface area contributed by atoms with Crippen LogP contribution in [0.1, 0.15) is 36.6 Å². The number of allylic oxidation sites excluding steroid dienone is 1. The Morgan fingerprint density at radius 2 is 1.97 bits per heavy atom. The van der Waals surface area contributed by atoms with Gasteiger partial charge in [0.05, 0.1) is 33.4 Å². The van der Waals surface area contributed by atoms with E-state index >= 15 is 0 Å². The number of esters is 1. The number of carbonyl (C=O) groups excluding carboxylic acids is 1. The standard InChI is InChI=1S/C24H21N3O5S/c1-4-32-23(29)20-15(3)25-24-26(21(20)17-6-5-7-18(13-17)27(30)31)22(28)19(33-24)12-16-10-8-14(2)9-11-16/h5-13,21H,4H2,1-3H3/b19-12+/t21-/m0/s1. The number of hydrogen-bond donors (Lipinski definition) is 0. The minimum atomic E-state index is -0.889. The number of hydrogen-bond acceptors (Lipinski definition) is 7. The first-order chi connectivity index (χ1) is 15.8. The van der Waals surface area contributed by atoms with Gasteiger partial charge in [-0.3, -0.25) is 19.5 Å². The van der Waals surface area contributed by atoms with Crippen molar-refractivity contribution >= 4 is 29.1 Å². The van der Waals surface area contributed by atoms with E-state index in [1.54, 1.807) is 26.0 Å². The topological polar surface area (TPSA) is 104 Å². The summed E-state index contributed by atoms with van der Waals surface area (Å²) in [4.78, 5) is 42.2. The Morgan fingerprint density at radius 1 is 1.24 bits per heavy atom. The molecule has 33 heavy (non-hydrogen) atoms. The number of non-ortho nitro benzene ring substituents is 1. The van der Waals surface area contributed by atoms with Crippen molar-refractivity contribution in [2.24, 2.45) is 4.99 Å². The van der Waals surface area contributed by atoms with E-state index in [4.69, 9.17) is 4.74 Å². The zero-order chi connectivity index (χ0) is 23.7. The molecule has 0 aliphatic carbocycles. The summed E-state index contributed by atoms with van der Waals surface area (Å²) < 4.78 is 7.11. The number of aryl methyl sites for hydroxylation is 1. The maximum atomic E-state index is 13.5. The van der Waals surface area contributed by atoms with Gasteiger partial charge in [-0.15, -0.1) is 0 Å². The van der Waals surface area contributed by atoms with Gasteiger partial charge in [0.1, 0.15) is 0 Å². The zero-order valence-electron chi connectivity index (χ0n) is 18.3. The van der Waals surface area contributed by atoms with Gasteiger partial charge in [0.15, 0.2) is 4.80 Å². The van der Waals surface area contributed by atoms with Crippen molar-refractivity contribution < 1.29 is 14.5 Å². The molecule has 4 rings (SSSR count). The Morgan fingerprint density at radius 3 is 2.64 bits per heavy atom. The zero-order valence-corrected chi connectivity index (χ0v) is 19.1. The Balaban J connectivity index is 1.97. The number of aromatic nitrogens is 1. The number of carbonyl (C=O) groups is 1. The summed E-state index contributed by atoms with van der Waals surface area (Å²) >= 11 is 1.21. The Kier molecular flexibility index (Phi) is 6.06. The highest BCUT2D eigenvalue weighted by Crippen LogP contribution is 2.32. The van der Waals surface area contributed by atoms with Crippen LogP contribution in [0, 0.1) is 17.0 Å². The van der Waals surface area contributed by atoms with Gasteiger partial charge in [-0.2, -0.15) is 0 Å². The predicted molar refractivity (Wildman–Crippen MR) is 125 cm³/mol. The molecule has 0 saturated heterocycles. The molecular weight excluding hydrogens is 442 g/mol. The summed E-state index contributed by atoms with van der Waals surface area (Å²) in [6, 6.07) is 12.8. The number of nitrogens with zero attached hydrogens (tertiary/aromatic N) is 3. The van der Waals surface area contributed by atoms with Crippen molar-refractivity contribution in [3.63, 3.8) is 0 Å². The van der Waals surface area contributed by atoms with Crippen LogP contribution >= 0.6 is 11.3 Å². The molecule has 0 fully saturated rings. The summed E-state index contributed by atoms with van der Waals surface area (Å²) in [5.41, 5.74) is 2.54. The largest absolute Gasteiger partial charge is 0.463 e. The molecule has 0 N–H and O–H groups in total. The molecule has 0 bridgehead atoms. The van der Waals surface area contributed by atoms with Gasteiger partial charge >= 0.3 is 5.97 Å². The smallest absolute Gasteiger partial charge is 0.338 e. The second-order valence-electron chi connectivity index (χ2n) is 7.57. The maximum Gasteiger partial charge on any atom is 0.338 e. The highest BCUT2D eigenvalue weighted by molar-refractivity contribution is 7.07. The van der Waals surface area contributed by atoms with Crippen LogP contribution in [-0.4, -0.2) is 22.1 Å². The summed E-state index contributed by atoms with van der Waals surface area (Å²) in [7, 11) is 0. The van der Waals surface area contributed by atoms with Crippen molar-refractivity contribution in [3.05, 3.63) is 106 Å². The number of benzene rings is 2. The molecule has 1 atom stereocenters. The minimum Gasteiger partial charge on any atom is -0.463 e. The van der Waals surface area contributed by atoms with Gasteiger partial charge in [0, 0.05) is 12.1 Å². The van der Waals surface area contributed by atoms with E-state index in [9.17, 15) is 19.7 Å². The molecular formula is C24H21N3O5S. The number of nitro groups is 1. The summed E-state index contributed by atoms with van der Waals surface area (Å²) in [5, 5.41) is 11.4. The van der Waals surface area contributed by atoms with Gasteiger partial charge in [-0.1, -0.05) is 53.3 Å². The third-order valence-corrected chi connectivity index (χ3v) is 6.27. The van der Waals surface area contributed by atoms with E-state index in [-0.39, 0.29) is 23.4 Å². The molecule has 0 saturated carbocycles. The van der Waals surface area contributed by atoms with Crippen LogP contribution in [0.15, 0.2) is 69.6 Å². The van der Waals surface area contributed by atoms with E-state index in [2.05, 4.69) is 4.99 Å². The molecule has 1 aromatic heterocycles. The fourth-order valence-electron chi connectivity index (χ4n) is 3.73. The fourth-order valence-corrected chi connectivity index (χ4v) is 4.78. The molecule has 1 aliphatic rings. The van der Waals surface area contributed by atoms with E-state index in [1.165, 1.54) is 34.1 Å². The van der Waals surface area contributed by atoms with Crippen LogP contribution in [0.25, 0.3) is 6.08 Å². The van der Waals surface area contributed by atoms with Crippen LogP contribution in [-0.2, 0) is 9.53 Å². The van der Waals surface area contributed by atoms with Crippen molar-refractivity contribution in [1.82, 2.24) is 4.57 Å². The first-order valence-corrected chi connectivity index (χ1v) is 11.1. The first-order valence-electron chi connectivity index (χ1n) is 10.3. The van der Waals surface area contributed by atoms with Crippen molar-refractivity contribution in [1.29, 1.82) is 0 Å². The second kappa shape index (κ2) is 8.95. The molecule has 3 aromatic rings. The van der Waals surface area contributed by atoms with Crippen LogP contribution in [0.3, 0.4) is 0 Å². The number of fused-ring (bicyclic) bond motifs is 1. The van der Waals surface area contributed by atoms with Crippen molar-refractivity contribution in [3.8, 4) is 0 Å². The van der Waals surface area contributed by atoms with Crippen LogP contribution in [0.5, 0.6) is 0 Å². The maximum absolute atomic E-state index is 13.5. The second-order valence-corrected chi connectivity index (χ2v) is 8.57. The molecule has 1 aliphatic heterocycles. The van der Waals surface area contributed by atoms with Gasteiger partial charge in [-0.05, 0) is 38.0 Å². The summed E-state index contributed by atoms with van der Waals surface area (Å²) in [6.07, 6.45) is 1.77. The molecule has 2 aromatic carbocycles. The average molecular weight is 464 g/mol. The van der Waals surface area contributed by atoms with E-state index < -0.39 is 16.9 Å². The van der Waals surface area contributed by atoms with Crippen LogP contribution in [0.4, 0.5) is 5.69 Å². The van der Waals surface area contributed by atoms with Crippen molar-refractivity contribution in [2.45, 2.75) is 26.8 Å². The molecule has 8 nitrogen and oxygen atoms in total. The van der Waals surface area contributed by atoms with E-state index in [0.717, 1.165) is 11.1 Å². The lowest BCUT2D eigenvalue weighted by atomic mass is 9.95. The molecule has 2 heterocycles. The summed E-state index contributed by atoms with van der Waals surface area (Å²) in [6.45, 7) is 5.49. The molecule has 0 unspecified atom stereocenters. The number of rotatable bonds is 5. The summed E-state index contributed by atoms with van der Waals surface area (Å²) in [5.74, 6) is -0.608. The van der Waals surface area contributed by atoms with Crippen LogP contribution < -0.4 is 14.9 Å². The van der Waals surface area contributed by atoms with E-state index in [0.29, 0.717) is 20.6 Å². The highest BCUT2D eigenvalue weighted by Gasteiger charge is 2.34. The van der Waals surface area contributed by atoms with Gasteiger partial charge in [-0.25, -0.2) is 9.79 Å². The molecule has 0 radical (unpaired) electrons. The van der Waals surface area contributed by atoms with Gasteiger partial charge in [0.25, 0.3) is 11.2 Å². The SMILES string of the molecule is CCOC(=O)C1=C(C)N=c2s/c(=C/c3ccc(C)cc3)c(=O)n2[C@H]1c1cccc([N+](=O)[O-])c1. The van der Waals surface area contributed by atoms with Crippen LogP contribution in [0.2, 0.25) is 0 Å². The Labute approximate surface area is 192 Å².